The monoisotopic (exact) mass is 413 g/mol. The van der Waals surface area contributed by atoms with Crippen molar-refractivity contribution in [2.24, 2.45) is 0 Å². The molecule has 0 aliphatic heterocycles. The molecule has 2 nitrogen and oxygen atoms in total. The molecule has 0 saturated carbocycles. The van der Waals surface area contributed by atoms with Gasteiger partial charge in [-0.05, 0) is 37.0 Å². The van der Waals surface area contributed by atoms with Gasteiger partial charge in [0.1, 0.15) is 18.5 Å². The van der Waals surface area contributed by atoms with Gasteiger partial charge in [0, 0.05) is 5.56 Å². The lowest BCUT2D eigenvalue weighted by molar-refractivity contribution is 0.183. The third-order valence-corrected chi connectivity index (χ3v) is 5.61. The number of benzene rings is 1. The van der Waals surface area contributed by atoms with Crippen LogP contribution in [-0.2, 0) is 6.42 Å². The van der Waals surface area contributed by atoms with Crippen LogP contribution < -0.4 is 4.74 Å². The number of aromatic nitrogens is 1. The molecule has 30 heavy (non-hydrogen) atoms. The summed E-state index contributed by atoms with van der Waals surface area (Å²) in [6, 6.07) is 12.5. The van der Waals surface area contributed by atoms with E-state index in [9.17, 15) is 4.39 Å². The van der Waals surface area contributed by atoms with Crippen molar-refractivity contribution in [2.45, 2.75) is 97.1 Å². The summed E-state index contributed by atoms with van der Waals surface area (Å²) in [4.78, 5) is 4.50. The molecule has 166 valence electrons. The van der Waals surface area contributed by atoms with E-state index in [2.05, 4.69) is 43.1 Å². The Morgan fingerprint density at radius 1 is 0.800 bits per heavy atom. The van der Waals surface area contributed by atoms with E-state index in [1.54, 1.807) is 6.20 Å². The molecule has 0 fully saturated rings. The van der Waals surface area contributed by atoms with Gasteiger partial charge < -0.3 is 4.74 Å². The summed E-state index contributed by atoms with van der Waals surface area (Å²) in [6.45, 7) is 4.53. The number of hydrogen-bond donors (Lipinski definition) is 0. The average molecular weight is 414 g/mol. The molecule has 0 bridgehead atoms. The van der Waals surface area contributed by atoms with E-state index in [1.807, 2.05) is 12.1 Å². The fourth-order valence-corrected chi connectivity index (χ4v) is 3.65. The summed E-state index contributed by atoms with van der Waals surface area (Å²) >= 11 is 0. The predicted molar refractivity (Wildman–Crippen MR) is 126 cm³/mol. The first kappa shape index (κ1) is 24.4. The lowest BCUT2D eigenvalue weighted by Crippen LogP contribution is -2.12. The minimum absolute atomic E-state index is 0.111. The molecule has 1 atom stereocenters. The number of aryl methyl sites for hydroxylation is 1. The van der Waals surface area contributed by atoms with E-state index < -0.39 is 6.17 Å². The number of halogens is 1. The third-order valence-electron chi connectivity index (χ3n) is 5.61. The van der Waals surface area contributed by atoms with Gasteiger partial charge in [-0.3, -0.25) is 4.98 Å². The molecule has 0 aliphatic carbocycles. The molecule has 0 aliphatic rings. The SMILES string of the molecule is CCCCCCCCc1ccc(-c2ccc(OC[C@@H](F)CCCCCC)cn2)cc1. The first-order valence-corrected chi connectivity index (χ1v) is 12.0. The van der Waals surface area contributed by atoms with Crippen LogP contribution in [0.25, 0.3) is 11.3 Å². The molecule has 0 spiro atoms. The molecule has 0 N–H and O–H groups in total. The lowest BCUT2D eigenvalue weighted by atomic mass is 10.0. The zero-order chi connectivity index (χ0) is 21.4. The van der Waals surface area contributed by atoms with Crippen LogP contribution in [0.3, 0.4) is 0 Å². The highest BCUT2D eigenvalue weighted by molar-refractivity contribution is 5.59. The molecule has 3 heteroatoms. The Kier molecular flexibility index (Phi) is 12.2. The van der Waals surface area contributed by atoms with Gasteiger partial charge in [-0.2, -0.15) is 0 Å². The highest BCUT2D eigenvalue weighted by Crippen LogP contribution is 2.21. The number of hydrogen-bond acceptors (Lipinski definition) is 2. The van der Waals surface area contributed by atoms with Crippen molar-refractivity contribution in [1.82, 2.24) is 4.98 Å². The Bertz CT molecular complexity index is 668. The van der Waals surface area contributed by atoms with Crippen LogP contribution in [0, 0.1) is 0 Å². The van der Waals surface area contributed by atoms with Gasteiger partial charge in [0.15, 0.2) is 0 Å². The van der Waals surface area contributed by atoms with Crippen molar-refractivity contribution >= 4 is 0 Å². The van der Waals surface area contributed by atoms with E-state index in [-0.39, 0.29) is 6.61 Å². The number of nitrogens with zero attached hydrogens (tertiary/aromatic N) is 1. The number of pyridine rings is 1. The Labute approximate surface area is 183 Å². The maximum atomic E-state index is 13.9. The smallest absolute Gasteiger partial charge is 0.137 e. The van der Waals surface area contributed by atoms with Crippen LogP contribution in [0.5, 0.6) is 5.75 Å². The first-order chi connectivity index (χ1) is 14.7. The van der Waals surface area contributed by atoms with Gasteiger partial charge in [0.2, 0.25) is 0 Å². The summed E-state index contributed by atoms with van der Waals surface area (Å²) < 4.78 is 19.5. The van der Waals surface area contributed by atoms with Crippen molar-refractivity contribution in [3.05, 3.63) is 48.2 Å². The highest BCUT2D eigenvalue weighted by atomic mass is 19.1. The molecule has 0 amide bonds. The number of rotatable bonds is 16. The molecule has 0 radical (unpaired) electrons. The molecule has 2 aromatic rings. The summed E-state index contributed by atoms with van der Waals surface area (Å²) in [5.41, 5.74) is 3.42. The summed E-state index contributed by atoms with van der Waals surface area (Å²) in [6.07, 6.45) is 14.9. The van der Waals surface area contributed by atoms with E-state index in [4.69, 9.17) is 4.74 Å². The van der Waals surface area contributed by atoms with Crippen molar-refractivity contribution in [3.8, 4) is 17.0 Å². The fourth-order valence-electron chi connectivity index (χ4n) is 3.65. The normalized spacial score (nSPS) is 12.1. The lowest BCUT2D eigenvalue weighted by Gasteiger charge is -2.11. The van der Waals surface area contributed by atoms with Crippen molar-refractivity contribution < 1.29 is 9.13 Å². The third kappa shape index (κ3) is 9.73. The van der Waals surface area contributed by atoms with Crippen LogP contribution in [-0.4, -0.2) is 17.8 Å². The maximum Gasteiger partial charge on any atom is 0.137 e. The van der Waals surface area contributed by atoms with Crippen LogP contribution in [0.4, 0.5) is 4.39 Å². The van der Waals surface area contributed by atoms with E-state index in [0.717, 1.165) is 30.5 Å². The van der Waals surface area contributed by atoms with Crippen LogP contribution in [0.15, 0.2) is 42.6 Å². The molecule has 0 unspecified atom stereocenters. The standard InChI is InChI=1S/C27H40FNO/c1-3-5-7-9-10-11-13-23-15-17-24(18-16-23)27-20-19-26(21-29-27)30-22-25(28)14-12-8-6-4-2/h15-21,25H,3-14,22H2,1-2H3/t25-/m0/s1. The second-order valence-corrected chi connectivity index (χ2v) is 8.35. The molecule has 1 aromatic heterocycles. The summed E-state index contributed by atoms with van der Waals surface area (Å²) in [5.74, 6) is 0.634. The molecule has 1 aromatic carbocycles. The zero-order valence-electron chi connectivity index (χ0n) is 19.0. The zero-order valence-corrected chi connectivity index (χ0v) is 19.0. The van der Waals surface area contributed by atoms with E-state index in [0.29, 0.717) is 12.2 Å². The number of ether oxygens (including phenoxy) is 1. The largest absolute Gasteiger partial charge is 0.489 e. The quantitative estimate of drug-likeness (QED) is 0.258. The topological polar surface area (TPSA) is 22.1 Å². The van der Waals surface area contributed by atoms with Crippen molar-refractivity contribution in [2.75, 3.05) is 6.61 Å². The molecule has 2 rings (SSSR count). The Balaban J connectivity index is 1.72. The molecular weight excluding hydrogens is 373 g/mol. The molecular formula is C27H40FNO. The summed E-state index contributed by atoms with van der Waals surface area (Å²) in [5, 5.41) is 0. The molecule has 1 heterocycles. The first-order valence-electron chi connectivity index (χ1n) is 12.0. The van der Waals surface area contributed by atoms with Crippen LogP contribution in [0.1, 0.15) is 90.0 Å². The van der Waals surface area contributed by atoms with Crippen LogP contribution in [0.2, 0.25) is 0 Å². The Morgan fingerprint density at radius 2 is 1.47 bits per heavy atom. The van der Waals surface area contributed by atoms with Crippen molar-refractivity contribution in [1.29, 1.82) is 0 Å². The minimum atomic E-state index is -0.902. The Morgan fingerprint density at radius 3 is 2.13 bits per heavy atom. The van der Waals surface area contributed by atoms with Gasteiger partial charge in [0.05, 0.1) is 11.9 Å². The predicted octanol–water partition coefficient (Wildman–Crippen LogP) is 8.34. The van der Waals surface area contributed by atoms with E-state index >= 15 is 0 Å². The van der Waals surface area contributed by atoms with Gasteiger partial charge in [-0.25, -0.2) is 4.39 Å². The average Bonchev–Trinajstić information content (AvgIpc) is 2.78. The second kappa shape index (κ2) is 15.0. The maximum absolute atomic E-state index is 13.9. The number of alkyl halides is 1. The van der Waals surface area contributed by atoms with Gasteiger partial charge >= 0.3 is 0 Å². The minimum Gasteiger partial charge on any atom is -0.489 e. The second-order valence-electron chi connectivity index (χ2n) is 8.35. The van der Waals surface area contributed by atoms with Gasteiger partial charge in [-0.15, -0.1) is 0 Å². The Hall–Kier alpha value is -1.90. The highest BCUT2D eigenvalue weighted by Gasteiger charge is 2.08. The van der Waals surface area contributed by atoms with Crippen LogP contribution >= 0.6 is 0 Å². The summed E-state index contributed by atoms with van der Waals surface area (Å²) in [7, 11) is 0. The number of unbranched alkanes of at least 4 members (excludes halogenated alkanes) is 8. The van der Waals surface area contributed by atoms with E-state index in [1.165, 1.54) is 56.9 Å². The van der Waals surface area contributed by atoms with Crippen molar-refractivity contribution in [3.63, 3.8) is 0 Å². The molecule has 0 saturated heterocycles. The fraction of sp³-hybridized carbons (Fsp3) is 0.593. The van der Waals surface area contributed by atoms with Gasteiger partial charge in [0.25, 0.3) is 0 Å². The van der Waals surface area contributed by atoms with Gasteiger partial charge in [-0.1, -0.05) is 95.9 Å².